The van der Waals surface area contributed by atoms with Crippen LogP contribution in [0.4, 0.5) is 34.1 Å². The summed E-state index contributed by atoms with van der Waals surface area (Å²) in [6.07, 6.45) is 0. The number of fused-ring (bicyclic) bond motifs is 5. The van der Waals surface area contributed by atoms with E-state index in [2.05, 4.69) is 0 Å². The van der Waals surface area contributed by atoms with Gasteiger partial charge in [-0.2, -0.15) is 0 Å². The van der Waals surface area contributed by atoms with Crippen LogP contribution in [0.1, 0.15) is 48.0 Å². The van der Waals surface area contributed by atoms with Gasteiger partial charge in [-0.05, 0) is 102 Å². The van der Waals surface area contributed by atoms with Gasteiger partial charge >= 0.3 is 0 Å². The molecule has 0 spiro atoms. The van der Waals surface area contributed by atoms with E-state index in [9.17, 15) is 24.7 Å². The van der Waals surface area contributed by atoms with Crippen molar-refractivity contribution in [2.45, 2.75) is 0 Å². The molecule has 58 heavy (non-hydrogen) atoms. The highest BCUT2D eigenvalue weighted by atomic mass is 15.2. The normalized spacial score (nSPS) is 20.2. The van der Waals surface area contributed by atoms with E-state index in [-0.39, 0.29) is 20.7 Å². The highest BCUT2D eigenvalue weighted by molar-refractivity contribution is 6.31. The number of nitrogens with zero attached hydrogens (tertiary/aromatic N) is 4. The topological polar surface area (TPSA) is 15.8 Å². The molecule has 0 fully saturated rings. The summed E-state index contributed by atoms with van der Waals surface area (Å²) in [4.78, 5) is 0.508. The first-order valence-electron chi connectivity index (χ1n) is 34.5. The summed E-state index contributed by atoms with van der Waals surface area (Å²) in [5.74, 6) is 0. The quantitative estimate of drug-likeness (QED) is 0.160. The lowest BCUT2D eigenvalue weighted by Crippen LogP contribution is -2.13. The van der Waals surface area contributed by atoms with Crippen LogP contribution in [0.5, 0.6) is 0 Å². The van der Waals surface area contributed by atoms with Gasteiger partial charge in [0.1, 0.15) is 0 Å². The molecule has 0 bridgehead atoms. The van der Waals surface area contributed by atoms with Crippen molar-refractivity contribution in [3.63, 3.8) is 0 Å². The molecule has 0 saturated carbocycles. The van der Waals surface area contributed by atoms with Gasteiger partial charge in [-0.25, -0.2) is 0 Å². The summed E-state index contributed by atoms with van der Waals surface area (Å²) in [6, 6.07) is -37.5. The molecule has 9 aromatic carbocycles. The second kappa shape index (κ2) is 12.9. The summed E-state index contributed by atoms with van der Waals surface area (Å²) in [7, 11) is 0. The standard InChI is InChI=1S/C54H36N4/c1-4-17-37(18-5-1)55(38-19-6-2-7-20-38)40-23-12-24-41(35-40)56(39-21-8-3-9-22-39)42-25-13-26-43(36-42)57-49-32-15-28-45-47-30-14-29-46-44-27-10-11-31-48(44)58(54(46)47)51-34-16-33-50(57)53(51)52(45)49/h1-36H/i1D,2D,3D,4D,5D,6D,7D,8D,9D,10D,11D,12D,13D,14D,15D,16D,17D,18D,19D,20D,21D,22D,23D,24D,25D,26D,27D,28D,29D,30D,31D,32D,34D,35D,36D. The molecular weight excluding hydrogens is 705 g/mol. The molecule has 0 N–H and O–H groups in total. The number of rotatable bonds is 7. The zero-order chi connectivity index (χ0) is 68.6. The third-order valence-corrected chi connectivity index (χ3v) is 9.37. The van der Waals surface area contributed by atoms with Crippen molar-refractivity contribution in [3.8, 4) is 5.69 Å². The number of para-hydroxylation sites is 5. The Hall–Kier alpha value is -7.82. The molecule has 0 atom stereocenters. The maximum atomic E-state index is 10.4. The Morgan fingerprint density at radius 1 is 0.328 bits per heavy atom. The molecule has 0 unspecified atom stereocenters. The van der Waals surface area contributed by atoms with Crippen LogP contribution in [0.2, 0.25) is 0 Å². The molecule has 12 rings (SSSR count). The van der Waals surface area contributed by atoms with Gasteiger partial charge in [-0.3, -0.25) is 0 Å². The number of hydrogen-bond donors (Lipinski definition) is 0. The molecule has 0 radical (unpaired) electrons. The van der Waals surface area contributed by atoms with Gasteiger partial charge in [0, 0.05) is 66.7 Å². The number of hydrogen-bond acceptors (Lipinski definition) is 2. The van der Waals surface area contributed by atoms with Crippen LogP contribution in [-0.2, 0) is 0 Å². The number of aromatic nitrogens is 2. The minimum atomic E-state index is -1.48. The second-order valence-corrected chi connectivity index (χ2v) is 12.4. The van der Waals surface area contributed by atoms with E-state index in [1.54, 1.807) is 0 Å². The predicted molar refractivity (Wildman–Crippen MR) is 245 cm³/mol. The summed E-state index contributed by atoms with van der Waals surface area (Å²) in [6.45, 7) is 0. The van der Waals surface area contributed by atoms with E-state index in [4.69, 9.17) is 23.3 Å². The molecule has 12 aromatic rings. The zero-order valence-corrected chi connectivity index (χ0v) is 28.9. The third-order valence-electron chi connectivity index (χ3n) is 9.37. The van der Waals surface area contributed by atoms with E-state index in [1.165, 1.54) is 0 Å². The first-order chi connectivity index (χ1) is 43.4. The fourth-order valence-corrected chi connectivity index (χ4v) is 7.17. The van der Waals surface area contributed by atoms with Crippen LogP contribution >= 0.6 is 0 Å². The molecule has 0 aliphatic rings. The fraction of sp³-hybridized carbons (Fsp3) is 0. The van der Waals surface area contributed by atoms with Gasteiger partial charge in [0.2, 0.25) is 0 Å². The lowest BCUT2D eigenvalue weighted by Gasteiger charge is -2.29. The van der Waals surface area contributed by atoms with Gasteiger partial charge in [0.25, 0.3) is 0 Å². The molecule has 0 saturated heterocycles. The lowest BCUT2D eigenvalue weighted by atomic mass is 10.0. The Bertz CT molecular complexity index is 5380. The Labute approximate surface area is 384 Å². The smallest absolute Gasteiger partial charge is 0.0667 e. The molecule has 272 valence electrons. The third kappa shape index (κ3) is 4.82. The van der Waals surface area contributed by atoms with Crippen molar-refractivity contribution >= 4 is 94.0 Å². The van der Waals surface area contributed by atoms with Gasteiger partial charge in [-0.15, -0.1) is 0 Å². The second-order valence-electron chi connectivity index (χ2n) is 12.4. The Morgan fingerprint density at radius 3 is 1.48 bits per heavy atom. The number of benzene rings is 9. The van der Waals surface area contributed by atoms with Gasteiger partial charge in [-0.1, -0.05) is 121 Å². The molecule has 3 aromatic heterocycles. The Kier molecular flexibility index (Phi) is 2.91. The van der Waals surface area contributed by atoms with Crippen molar-refractivity contribution in [2.24, 2.45) is 0 Å². The van der Waals surface area contributed by atoms with Gasteiger partial charge < -0.3 is 18.8 Å². The van der Waals surface area contributed by atoms with Crippen LogP contribution in [0.25, 0.3) is 65.6 Å². The first kappa shape index (κ1) is 13.1. The van der Waals surface area contributed by atoms with E-state index in [0.717, 1.165) is 15.0 Å². The Balaban J connectivity index is 1.34. The van der Waals surface area contributed by atoms with E-state index in [1.807, 2.05) is 0 Å². The van der Waals surface area contributed by atoms with Crippen LogP contribution < -0.4 is 9.80 Å². The maximum absolute atomic E-state index is 10.4. The molecule has 3 heterocycles. The molecule has 4 heteroatoms. The molecule has 4 nitrogen and oxygen atoms in total. The highest BCUT2D eigenvalue weighted by Gasteiger charge is 2.23. The van der Waals surface area contributed by atoms with Gasteiger partial charge in [0.05, 0.1) is 75.6 Å². The minimum Gasteiger partial charge on any atom is -0.310 e. The largest absolute Gasteiger partial charge is 0.310 e. The molecule has 0 aliphatic heterocycles. The van der Waals surface area contributed by atoms with Crippen molar-refractivity contribution in [1.82, 2.24) is 8.97 Å². The van der Waals surface area contributed by atoms with Crippen molar-refractivity contribution in [3.05, 3.63) is 218 Å². The molecule has 0 amide bonds. The summed E-state index contributed by atoms with van der Waals surface area (Å²) in [5.41, 5.74) is -11.0. The summed E-state index contributed by atoms with van der Waals surface area (Å²) < 4.78 is 324. The van der Waals surface area contributed by atoms with Crippen molar-refractivity contribution in [2.75, 3.05) is 9.80 Å². The monoisotopic (exact) mass is 776 g/mol. The average Bonchev–Trinajstić information content (AvgIpc) is 1.51. The Morgan fingerprint density at radius 2 is 0.793 bits per heavy atom. The fourth-order valence-electron chi connectivity index (χ4n) is 7.17. The summed E-state index contributed by atoms with van der Waals surface area (Å²) >= 11 is 0. The van der Waals surface area contributed by atoms with E-state index in [0.29, 0.717) is 0 Å². The average molecular weight is 776 g/mol. The summed E-state index contributed by atoms with van der Waals surface area (Å²) in [5, 5.41) is -2.65. The van der Waals surface area contributed by atoms with E-state index >= 15 is 0 Å². The van der Waals surface area contributed by atoms with Crippen molar-refractivity contribution < 1.29 is 48.0 Å². The molecule has 0 aliphatic carbocycles. The first-order valence-corrected chi connectivity index (χ1v) is 17.0. The van der Waals surface area contributed by atoms with Gasteiger partial charge in [0.15, 0.2) is 0 Å². The van der Waals surface area contributed by atoms with Crippen molar-refractivity contribution in [1.29, 1.82) is 0 Å². The SMILES string of the molecule is [2H]c1cc2c3c4c(c([2H])c([2H])c([2H])c4n2-c2c([2H])c([2H])c([2H])c(N(c4c([2H])c([2H])c([2H])c([2H])c4[2H])c4c([2H])c([2H])c([2H])c(N(c5c([2H])c([2H])c([2H])c([2H])c5[2H])c5c([2H])c([2H])c([2H])c([2H])c5[2H])c4[2H])c2[2H])c2c([2H])c([2H])c([2H])c4c5c([2H])c([2H])c([2H])c([2H])c5n(c3c1[2H])c24. The number of anilines is 6. The van der Waals surface area contributed by atoms with E-state index < -0.39 is 300 Å². The van der Waals surface area contributed by atoms with Crippen LogP contribution in [0.15, 0.2) is 218 Å². The highest BCUT2D eigenvalue weighted by Crippen LogP contribution is 2.45. The zero-order valence-electron chi connectivity index (χ0n) is 63.9. The minimum absolute atomic E-state index is 0.247. The predicted octanol–water partition coefficient (Wildman–Crippen LogP) is 14.9. The van der Waals surface area contributed by atoms with Crippen LogP contribution in [0, 0.1) is 0 Å². The maximum Gasteiger partial charge on any atom is 0.0667 e. The lowest BCUT2D eigenvalue weighted by molar-refractivity contribution is 1.17. The van der Waals surface area contributed by atoms with Crippen LogP contribution in [-0.4, -0.2) is 8.97 Å². The van der Waals surface area contributed by atoms with Crippen LogP contribution in [0.3, 0.4) is 0 Å². The molecular formula is C54H36N4.